The zero-order valence-electron chi connectivity index (χ0n) is 17.9. The second-order valence-electron chi connectivity index (χ2n) is 7.26. The number of carbonyl (C=O) groups excluding carboxylic acids is 2. The molecule has 0 bridgehead atoms. The van der Waals surface area contributed by atoms with Gasteiger partial charge in [0.2, 0.25) is 0 Å². The van der Waals surface area contributed by atoms with Crippen LogP contribution < -0.4 is 14.4 Å². The van der Waals surface area contributed by atoms with Crippen LogP contribution in [0.15, 0.2) is 66.3 Å². The van der Waals surface area contributed by atoms with Gasteiger partial charge in [-0.15, -0.1) is 16.4 Å². The molecule has 0 unspecified atom stereocenters. The Morgan fingerprint density at radius 2 is 1.88 bits per heavy atom. The largest absolute Gasteiger partial charge is 0.486 e. The molecule has 1 aliphatic rings. The van der Waals surface area contributed by atoms with Crippen LogP contribution in [-0.2, 0) is 16.1 Å². The van der Waals surface area contributed by atoms with E-state index >= 15 is 0 Å². The summed E-state index contributed by atoms with van der Waals surface area (Å²) in [5.74, 6) is 0.251. The summed E-state index contributed by atoms with van der Waals surface area (Å²) < 4.78 is 18.0. The number of nitrogens with zero attached hydrogens (tertiary/aromatic N) is 5. The van der Waals surface area contributed by atoms with Crippen LogP contribution in [0.2, 0.25) is 0 Å². The number of rotatable bonds is 7. The van der Waals surface area contributed by atoms with E-state index in [4.69, 9.17) is 14.2 Å². The predicted molar refractivity (Wildman–Crippen MR) is 122 cm³/mol. The van der Waals surface area contributed by atoms with Crippen LogP contribution in [-0.4, -0.2) is 51.9 Å². The number of aromatic nitrogens is 4. The third-order valence-corrected chi connectivity index (χ3v) is 5.94. The Bertz CT molecular complexity index is 1280. The van der Waals surface area contributed by atoms with E-state index in [0.717, 1.165) is 4.88 Å². The molecule has 34 heavy (non-hydrogen) atoms. The summed E-state index contributed by atoms with van der Waals surface area (Å²) in [6.07, 6.45) is 1.45. The number of hydrogen-bond acceptors (Lipinski definition) is 9. The number of thiophene rings is 1. The van der Waals surface area contributed by atoms with Crippen molar-refractivity contribution < 1.29 is 23.8 Å². The number of hydrogen-bond donors (Lipinski definition) is 0. The van der Waals surface area contributed by atoms with Gasteiger partial charge in [0, 0.05) is 16.6 Å². The van der Waals surface area contributed by atoms with Crippen LogP contribution in [0.5, 0.6) is 11.5 Å². The molecular formula is C23H19N5O5S. The van der Waals surface area contributed by atoms with Gasteiger partial charge in [0.15, 0.2) is 18.1 Å². The first kappa shape index (κ1) is 21.6. The smallest absolute Gasteiger partial charge is 0.338 e. The number of carbonyl (C=O) groups is 2. The molecule has 0 atom stereocenters. The van der Waals surface area contributed by atoms with Crippen molar-refractivity contribution in [3.63, 3.8) is 0 Å². The average molecular weight is 478 g/mol. The van der Waals surface area contributed by atoms with E-state index in [0.29, 0.717) is 48.2 Å². The zero-order valence-corrected chi connectivity index (χ0v) is 18.7. The first-order valence-electron chi connectivity index (χ1n) is 10.4. The van der Waals surface area contributed by atoms with Gasteiger partial charge in [-0.1, -0.05) is 6.07 Å². The summed E-state index contributed by atoms with van der Waals surface area (Å²) in [5, 5.41) is 12.9. The summed E-state index contributed by atoms with van der Waals surface area (Å²) in [6.45, 7) is 0.859. The lowest BCUT2D eigenvalue weighted by Crippen LogP contribution is -2.34. The minimum Gasteiger partial charge on any atom is -0.486 e. The Balaban J connectivity index is 1.29. The molecule has 11 heteroatoms. The normalized spacial score (nSPS) is 12.2. The fourth-order valence-corrected chi connectivity index (χ4v) is 4.09. The van der Waals surface area contributed by atoms with Crippen LogP contribution in [0.3, 0.4) is 0 Å². The molecule has 4 aromatic rings. The van der Waals surface area contributed by atoms with E-state index in [1.807, 2.05) is 17.5 Å². The van der Waals surface area contributed by atoms with Crippen LogP contribution in [0.1, 0.15) is 15.2 Å². The van der Waals surface area contributed by atoms with Crippen LogP contribution in [0.25, 0.3) is 5.69 Å². The summed E-state index contributed by atoms with van der Waals surface area (Å²) in [6, 6.07) is 15.8. The minimum absolute atomic E-state index is 0.314. The Kier molecular flexibility index (Phi) is 6.17. The fraction of sp³-hybridized carbons (Fsp3) is 0.174. The first-order chi connectivity index (χ1) is 16.7. The number of benzene rings is 2. The maximum Gasteiger partial charge on any atom is 0.338 e. The number of esters is 1. The molecule has 10 nitrogen and oxygen atoms in total. The van der Waals surface area contributed by atoms with E-state index in [1.54, 1.807) is 47.4 Å². The van der Waals surface area contributed by atoms with Gasteiger partial charge >= 0.3 is 5.97 Å². The van der Waals surface area contributed by atoms with Crippen LogP contribution >= 0.6 is 11.3 Å². The maximum absolute atomic E-state index is 13.1. The maximum atomic E-state index is 13.1. The second kappa shape index (κ2) is 9.71. The first-order valence-corrected chi connectivity index (χ1v) is 11.3. The lowest BCUT2D eigenvalue weighted by atomic mass is 10.2. The van der Waals surface area contributed by atoms with E-state index in [1.165, 1.54) is 22.3 Å². The van der Waals surface area contributed by atoms with Crippen molar-refractivity contribution in [2.24, 2.45) is 0 Å². The van der Waals surface area contributed by atoms with Crippen molar-refractivity contribution in [3.05, 3.63) is 76.7 Å². The summed E-state index contributed by atoms with van der Waals surface area (Å²) in [7, 11) is 0. The van der Waals surface area contributed by atoms with Crippen molar-refractivity contribution in [3.8, 4) is 17.2 Å². The number of tetrazole rings is 1. The molecule has 2 aromatic heterocycles. The molecule has 0 aliphatic carbocycles. The summed E-state index contributed by atoms with van der Waals surface area (Å²) in [4.78, 5) is 28.2. The second-order valence-corrected chi connectivity index (χ2v) is 8.30. The van der Waals surface area contributed by atoms with Gasteiger partial charge in [0.1, 0.15) is 19.5 Å². The fourth-order valence-electron chi connectivity index (χ4n) is 3.40. The third kappa shape index (κ3) is 4.74. The van der Waals surface area contributed by atoms with Gasteiger partial charge in [-0.05, 0) is 58.3 Å². The van der Waals surface area contributed by atoms with Crippen molar-refractivity contribution >= 4 is 28.9 Å². The average Bonchev–Trinajstić information content (AvgIpc) is 3.60. The lowest BCUT2D eigenvalue weighted by Gasteiger charge is -2.25. The molecule has 1 aliphatic heterocycles. The highest BCUT2D eigenvalue weighted by Gasteiger charge is 2.22. The van der Waals surface area contributed by atoms with Crippen LogP contribution in [0, 0.1) is 0 Å². The van der Waals surface area contributed by atoms with E-state index < -0.39 is 12.6 Å². The minimum atomic E-state index is -0.602. The van der Waals surface area contributed by atoms with Gasteiger partial charge in [0.05, 0.1) is 17.8 Å². The molecule has 0 fully saturated rings. The Labute approximate surface area is 198 Å². The molecular weight excluding hydrogens is 458 g/mol. The summed E-state index contributed by atoms with van der Waals surface area (Å²) in [5.41, 5.74) is 1.64. The Hall–Kier alpha value is -4.25. The Morgan fingerprint density at radius 1 is 1.06 bits per heavy atom. The molecule has 2 aromatic carbocycles. The summed E-state index contributed by atoms with van der Waals surface area (Å²) >= 11 is 1.54. The molecule has 0 radical (unpaired) electrons. The molecule has 1 amide bonds. The number of amides is 1. The monoisotopic (exact) mass is 477 g/mol. The number of fused-ring (bicyclic) bond motifs is 1. The van der Waals surface area contributed by atoms with Crippen molar-refractivity contribution in [1.29, 1.82) is 0 Å². The van der Waals surface area contributed by atoms with Gasteiger partial charge in [-0.25, -0.2) is 9.48 Å². The molecule has 3 heterocycles. The molecule has 0 N–H and O–H groups in total. The molecule has 0 spiro atoms. The van der Waals surface area contributed by atoms with Crippen molar-refractivity contribution in [2.75, 3.05) is 24.7 Å². The van der Waals surface area contributed by atoms with Crippen LogP contribution in [0.4, 0.5) is 5.69 Å². The zero-order chi connectivity index (χ0) is 23.3. The molecule has 172 valence electrons. The Morgan fingerprint density at radius 3 is 2.62 bits per heavy atom. The lowest BCUT2D eigenvalue weighted by molar-refractivity contribution is -0.121. The topological polar surface area (TPSA) is 109 Å². The highest BCUT2D eigenvalue weighted by molar-refractivity contribution is 7.09. The van der Waals surface area contributed by atoms with Gasteiger partial charge in [-0.2, -0.15) is 0 Å². The van der Waals surface area contributed by atoms with Gasteiger partial charge in [0.25, 0.3) is 5.91 Å². The van der Waals surface area contributed by atoms with E-state index in [2.05, 4.69) is 15.5 Å². The van der Waals surface area contributed by atoms with E-state index in [-0.39, 0.29) is 5.91 Å². The molecule has 0 saturated heterocycles. The van der Waals surface area contributed by atoms with Crippen molar-refractivity contribution in [1.82, 2.24) is 20.2 Å². The van der Waals surface area contributed by atoms with E-state index in [9.17, 15) is 9.59 Å². The quantitative estimate of drug-likeness (QED) is 0.374. The van der Waals surface area contributed by atoms with Gasteiger partial charge < -0.3 is 19.1 Å². The SMILES string of the molecule is O=C(OCC(=O)N(Cc1cccs1)c1ccc2c(c1)OCCO2)c1ccc(-n2cnnn2)cc1. The third-order valence-electron chi connectivity index (χ3n) is 5.08. The molecule has 0 saturated carbocycles. The predicted octanol–water partition coefficient (Wildman–Crippen LogP) is 2.89. The number of ether oxygens (including phenoxy) is 3. The van der Waals surface area contributed by atoms with Crippen molar-refractivity contribution in [2.45, 2.75) is 6.54 Å². The highest BCUT2D eigenvalue weighted by Crippen LogP contribution is 2.34. The number of anilines is 1. The van der Waals surface area contributed by atoms with Gasteiger partial charge in [-0.3, -0.25) is 4.79 Å². The highest BCUT2D eigenvalue weighted by atomic mass is 32.1. The molecule has 5 rings (SSSR count). The standard InChI is InChI=1S/C23H19N5O5S/c29-22(14-33-23(30)16-3-5-17(6-4-16)28-15-24-25-26-28)27(13-19-2-1-11-34-19)18-7-8-20-21(12-18)32-10-9-31-20/h1-8,11-12,15H,9-10,13-14H2.